The van der Waals surface area contributed by atoms with Crippen molar-refractivity contribution in [3.05, 3.63) is 53.1 Å². The molecule has 38 heavy (non-hydrogen) atoms. The number of ether oxygens (including phenoxy) is 4. The van der Waals surface area contributed by atoms with E-state index < -0.39 is 0 Å². The van der Waals surface area contributed by atoms with E-state index in [1.54, 1.807) is 12.1 Å². The van der Waals surface area contributed by atoms with Crippen LogP contribution in [-0.2, 0) is 6.42 Å². The average Bonchev–Trinajstić information content (AvgIpc) is 2.86. The highest BCUT2D eigenvalue weighted by Gasteiger charge is 2.20. The molecule has 2 rings (SSSR count). The summed E-state index contributed by atoms with van der Waals surface area (Å²) in [6, 6.07) is 9.74. The van der Waals surface area contributed by atoms with Crippen LogP contribution in [0.3, 0.4) is 0 Å². The molecule has 0 aliphatic heterocycles. The Morgan fingerprint density at radius 1 is 0.711 bits per heavy atom. The third-order valence-corrected chi connectivity index (χ3v) is 5.48. The number of hydrogen-bond donors (Lipinski definition) is 0. The quantitative estimate of drug-likeness (QED) is 0.163. The van der Waals surface area contributed by atoms with Crippen molar-refractivity contribution < 1.29 is 23.7 Å². The Bertz CT molecular complexity index is 1050. The van der Waals surface area contributed by atoms with Crippen LogP contribution >= 0.6 is 0 Å². The van der Waals surface area contributed by atoms with E-state index in [0.29, 0.717) is 72.9 Å². The van der Waals surface area contributed by atoms with Crippen molar-refractivity contribution in [2.45, 2.75) is 68.7 Å². The van der Waals surface area contributed by atoms with Gasteiger partial charge < -0.3 is 18.9 Å². The zero-order valence-electron chi connectivity index (χ0n) is 24.9. The molecule has 0 radical (unpaired) electrons. The number of carbonyl (C=O) groups excluding carboxylic acids is 1. The molecular formula is C33H48O5. The van der Waals surface area contributed by atoms with Crippen LogP contribution in [0.25, 0.3) is 6.08 Å². The van der Waals surface area contributed by atoms with Gasteiger partial charge in [-0.15, -0.1) is 0 Å². The summed E-state index contributed by atoms with van der Waals surface area (Å²) in [5.74, 6) is 3.55. The Morgan fingerprint density at radius 3 is 1.84 bits per heavy atom. The molecule has 0 saturated heterocycles. The van der Waals surface area contributed by atoms with Crippen molar-refractivity contribution in [2.24, 2.45) is 23.7 Å². The van der Waals surface area contributed by atoms with Gasteiger partial charge in [-0.1, -0.05) is 68.4 Å². The molecule has 0 heterocycles. The number of allylic oxidation sites excluding steroid dienone is 1. The van der Waals surface area contributed by atoms with E-state index in [1.165, 1.54) is 5.56 Å². The number of hydrogen-bond acceptors (Lipinski definition) is 5. The summed E-state index contributed by atoms with van der Waals surface area (Å²) in [4.78, 5) is 13.7. The first-order valence-corrected chi connectivity index (χ1v) is 14.0. The number of aryl methyl sites for hydroxylation is 1. The first kappa shape index (κ1) is 31.3. The van der Waals surface area contributed by atoms with Crippen LogP contribution in [0.5, 0.6) is 23.0 Å². The summed E-state index contributed by atoms with van der Waals surface area (Å²) in [6.07, 6.45) is 4.32. The Kier molecular flexibility index (Phi) is 12.7. The summed E-state index contributed by atoms with van der Waals surface area (Å²) >= 11 is 0. The molecule has 5 heteroatoms. The summed E-state index contributed by atoms with van der Waals surface area (Å²) in [5.41, 5.74) is 2.49. The van der Waals surface area contributed by atoms with Gasteiger partial charge in [0.1, 0.15) is 11.5 Å². The number of carbonyl (C=O) groups is 1. The van der Waals surface area contributed by atoms with E-state index in [-0.39, 0.29) is 5.78 Å². The lowest BCUT2D eigenvalue weighted by molar-refractivity contribution is 0.104. The molecule has 2 aromatic rings. The van der Waals surface area contributed by atoms with E-state index in [4.69, 9.17) is 18.9 Å². The molecule has 0 amide bonds. The maximum atomic E-state index is 13.7. The highest BCUT2D eigenvalue weighted by Crippen LogP contribution is 2.38. The van der Waals surface area contributed by atoms with E-state index in [0.717, 1.165) is 17.7 Å². The Balaban J connectivity index is 2.52. The van der Waals surface area contributed by atoms with Crippen molar-refractivity contribution in [1.29, 1.82) is 0 Å². The maximum Gasteiger partial charge on any atom is 0.189 e. The van der Waals surface area contributed by atoms with Gasteiger partial charge in [0.05, 0.1) is 32.0 Å². The molecule has 0 unspecified atom stereocenters. The van der Waals surface area contributed by atoms with Crippen molar-refractivity contribution in [1.82, 2.24) is 0 Å². The molecule has 5 nitrogen and oxygen atoms in total. The van der Waals surface area contributed by atoms with Gasteiger partial charge in [0.2, 0.25) is 0 Å². The van der Waals surface area contributed by atoms with E-state index in [9.17, 15) is 4.79 Å². The van der Waals surface area contributed by atoms with Crippen LogP contribution < -0.4 is 18.9 Å². The molecule has 0 N–H and O–H groups in total. The van der Waals surface area contributed by atoms with Crippen molar-refractivity contribution in [2.75, 3.05) is 26.4 Å². The molecule has 0 aliphatic carbocycles. The summed E-state index contributed by atoms with van der Waals surface area (Å²) in [6.45, 7) is 21.0. The Morgan fingerprint density at radius 2 is 1.26 bits per heavy atom. The molecule has 2 aromatic carbocycles. The Hall–Kier alpha value is -2.95. The van der Waals surface area contributed by atoms with Crippen molar-refractivity contribution in [3.8, 4) is 23.0 Å². The zero-order chi connectivity index (χ0) is 28.2. The third kappa shape index (κ3) is 10.4. The fourth-order valence-electron chi connectivity index (χ4n) is 3.46. The Labute approximate surface area is 230 Å². The summed E-state index contributed by atoms with van der Waals surface area (Å²) < 4.78 is 24.4. The minimum atomic E-state index is -0.176. The summed E-state index contributed by atoms with van der Waals surface area (Å²) in [7, 11) is 0. The van der Waals surface area contributed by atoms with Gasteiger partial charge in [0, 0.05) is 11.6 Å². The van der Waals surface area contributed by atoms with Crippen LogP contribution in [0.1, 0.15) is 83.8 Å². The fraction of sp³-hybridized carbons (Fsp3) is 0.545. The van der Waals surface area contributed by atoms with Gasteiger partial charge in [-0.05, 0) is 66.0 Å². The summed E-state index contributed by atoms with van der Waals surface area (Å²) in [5, 5.41) is 0. The maximum absolute atomic E-state index is 13.7. The second-order valence-corrected chi connectivity index (χ2v) is 11.5. The lowest BCUT2D eigenvalue weighted by Gasteiger charge is -2.19. The average molecular weight is 525 g/mol. The topological polar surface area (TPSA) is 54.0 Å². The van der Waals surface area contributed by atoms with E-state index >= 15 is 0 Å². The zero-order valence-corrected chi connectivity index (χ0v) is 24.9. The lowest BCUT2D eigenvalue weighted by Crippen LogP contribution is -2.13. The predicted molar refractivity (Wildman–Crippen MR) is 157 cm³/mol. The highest BCUT2D eigenvalue weighted by molar-refractivity contribution is 6.09. The van der Waals surface area contributed by atoms with Gasteiger partial charge in [-0.2, -0.15) is 0 Å². The van der Waals surface area contributed by atoms with Crippen molar-refractivity contribution >= 4 is 11.9 Å². The monoisotopic (exact) mass is 524 g/mol. The normalized spacial score (nSPS) is 11.7. The van der Waals surface area contributed by atoms with Crippen LogP contribution in [0.15, 0.2) is 36.4 Å². The van der Waals surface area contributed by atoms with Crippen LogP contribution in [0.4, 0.5) is 0 Å². The minimum absolute atomic E-state index is 0.176. The standard InChI is InChI=1S/C33H48O5/c1-10-26-11-14-31(36-19-23(4)5)27(15-26)12-13-30(34)29-16-28(35-18-22(2)3)17-32(37-20-24(6)7)33(29)38-21-25(8)9/h11-17,22-25H,10,18-21H2,1-9H3. The van der Waals surface area contributed by atoms with Gasteiger partial charge in [0.15, 0.2) is 17.3 Å². The highest BCUT2D eigenvalue weighted by atomic mass is 16.5. The van der Waals surface area contributed by atoms with Gasteiger partial charge >= 0.3 is 0 Å². The van der Waals surface area contributed by atoms with Crippen LogP contribution in [-0.4, -0.2) is 32.2 Å². The fourth-order valence-corrected chi connectivity index (χ4v) is 3.46. The molecule has 0 bridgehead atoms. The number of ketones is 1. The molecule has 0 aliphatic rings. The first-order chi connectivity index (χ1) is 18.0. The lowest BCUT2D eigenvalue weighted by atomic mass is 10.0. The van der Waals surface area contributed by atoms with Gasteiger partial charge in [-0.25, -0.2) is 0 Å². The van der Waals surface area contributed by atoms with Gasteiger partial charge in [0.25, 0.3) is 0 Å². The van der Waals surface area contributed by atoms with Crippen LogP contribution in [0.2, 0.25) is 0 Å². The number of benzene rings is 2. The SMILES string of the molecule is CCc1ccc(OCC(C)C)c(C=CC(=O)c2cc(OCC(C)C)cc(OCC(C)C)c2OCC(C)C)c1. The first-order valence-electron chi connectivity index (χ1n) is 14.0. The van der Waals surface area contributed by atoms with E-state index in [1.807, 2.05) is 18.2 Å². The van der Waals surface area contributed by atoms with Crippen molar-refractivity contribution in [3.63, 3.8) is 0 Å². The molecule has 0 atom stereocenters. The minimum Gasteiger partial charge on any atom is -0.493 e. The second-order valence-electron chi connectivity index (χ2n) is 11.5. The molecule has 0 spiro atoms. The second kappa shape index (κ2) is 15.5. The largest absolute Gasteiger partial charge is 0.493 e. The third-order valence-electron chi connectivity index (χ3n) is 5.48. The molecular weight excluding hydrogens is 476 g/mol. The molecule has 0 fully saturated rings. The predicted octanol–water partition coefficient (Wildman–Crippen LogP) is 8.28. The molecule has 210 valence electrons. The van der Waals surface area contributed by atoms with E-state index in [2.05, 4.69) is 74.4 Å². The smallest absolute Gasteiger partial charge is 0.189 e. The number of rotatable bonds is 16. The van der Waals surface area contributed by atoms with Crippen LogP contribution in [0, 0.1) is 23.7 Å². The molecule has 0 saturated carbocycles. The van der Waals surface area contributed by atoms with Gasteiger partial charge in [-0.3, -0.25) is 4.79 Å². The molecule has 0 aromatic heterocycles.